The van der Waals surface area contributed by atoms with Crippen LogP contribution in [-0.4, -0.2) is 11.3 Å². The number of nitrogens with zero attached hydrogens (tertiary/aromatic N) is 1. The van der Waals surface area contributed by atoms with Gasteiger partial charge in [-0.15, -0.1) is 0 Å². The SMILES string of the molecule is O=Cc1cccc(F)c1Oc1ccc(Cl)nc1. The van der Waals surface area contributed by atoms with Gasteiger partial charge in [0.05, 0.1) is 11.8 Å². The van der Waals surface area contributed by atoms with Crippen LogP contribution in [0, 0.1) is 5.82 Å². The average Bonchev–Trinajstić information content (AvgIpc) is 2.34. The predicted octanol–water partition coefficient (Wildman–Crippen LogP) is 3.48. The van der Waals surface area contributed by atoms with Crippen LogP contribution < -0.4 is 4.74 Å². The maximum Gasteiger partial charge on any atom is 0.173 e. The number of aromatic nitrogens is 1. The second-order valence-corrected chi connectivity index (χ2v) is 3.58. The molecule has 0 spiro atoms. The molecule has 0 N–H and O–H groups in total. The van der Waals surface area contributed by atoms with Gasteiger partial charge < -0.3 is 4.74 Å². The molecule has 2 aromatic rings. The lowest BCUT2D eigenvalue weighted by molar-refractivity contribution is 0.112. The summed E-state index contributed by atoms with van der Waals surface area (Å²) in [5, 5.41) is 0.307. The Balaban J connectivity index is 2.35. The number of rotatable bonds is 3. The Kier molecular flexibility index (Phi) is 3.35. The molecular weight excluding hydrogens is 245 g/mol. The molecule has 0 aliphatic heterocycles. The zero-order valence-electron chi connectivity index (χ0n) is 8.56. The van der Waals surface area contributed by atoms with Gasteiger partial charge in [-0.2, -0.15) is 0 Å². The number of para-hydroxylation sites is 1. The Morgan fingerprint density at radius 3 is 2.76 bits per heavy atom. The number of hydrogen-bond acceptors (Lipinski definition) is 3. The first-order valence-electron chi connectivity index (χ1n) is 4.74. The predicted molar refractivity (Wildman–Crippen MR) is 61.1 cm³/mol. The average molecular weight is 252 g/mol. The molecule has 0 aliphatic rings. The molecule has 5 heteroatoms. The van der Waals surface area contributed by atoms with Crippen molar-refractivity contribution in [2.45, 2.75) is 0 Å². The summed E-state index contributed by atoms with van der Waals surface area (Å²) in [4.78, 5) is 14.5. The highest BCUT2D eigenvalue weighted by atomic mass is 35.5. The van der Waals surface area contributed by atoms with Crippen LogP contribution in [-0.2, 0) is 0 Å². The summed E-state index contributed by atoms with van der Waals surface area (Å²) in [6.07, 6.45) is 1.88. The van der Waals surface area contributed by atoms with Crippen molar-refractivity contribution in [2.75, 3.05) is 0 Å². The van der Waals surface area contributed by atoms with Crippen LogP contribution in [0.1, 0.15) is 10.4 Å². The molecule has 1 aromatic heterocycles. The number of ether oxygens (including phenoxy) is 1. The van der Waals surface area contributed by atoms with Gasteiger partial charge >= 0.3 is 0 Å². The summed E-state index contributed by atoms with van der Waals surface area (Å²) < 4.78 is 18.7. The summed E-state index contributed by atoms with van der Waals surface area (Å²) in [6, 6.07) is 7.17. The number of pyridine rings is 1. The molecule has 0 saturated carbocycles. The Morgan fingerprint density at radius 2 is 2.12 bits per heavy atom. The second-order valence-electron chi connectivity index (χ2n) is 3.19. The maximum absolute atomic E-state index is 13.5. The van der Waals surface area contributed by atoms with Crippen LogP contribution in [0.25, 0.3) is 0 Å². The molecular formula is C12H7ClFNO2. The molecule has 0 saturated heterocycles. The quantitative estimate of drug-likeness (QED) is 0.619. The lowest BCUT2D eigenvalue weighted by Crippen LogP contribution is -1.94. The first-order chi connectivity index (χ1) is 8.20. The molecule has 1 heterocycles. The monoisotopic (exact) mass is 251 g/mol. The lowest BCUT2D eigenvalue weighted by Gasteiger charge is -2.08. The second kappa shape index (κ2) is 4.93. The fourth-order valence-corrected chi connectivity index (χ4v) is 1.38. The topological polar surface area (TPSA) is 39.2 Å². The molecule has 0 bridgehead atoms. The Labute approximate surface area is 102 Å². The molecule has 0 atom stereocenters. The molecule has 1 aromatic carbocycles. The fourth-order valence-electron chi connectivity index (χ4n) is 1.27. The van der Waals surface area contributed by atoms with E-state index in [4.69, 9.17) is 16.3 Å². The third-order valence-corrected chi connectivity index (χ3v) is 2.27. The van der Waals surface area contributed by atoms with E-state index in [0.717, 1.165) is 0 Å². The highest BCUT2D eigenvalue weighted by Gasteiger charge is 2.10. The molecule has 0 aliphatic carbocycles. The Bertz CT molecular complexity index is 543. The smallest absolute Gasteiger partial charge is 0.173 e. The van der Waals surface area contributed by atoms with E-state index in [9.17, 15) is 9.18 Å². The van der Waals surface area contributed by atoms with E-state index < -0.39 is 5.82 Å². The number of aldehydes is 1. The van der Waals surface area contributed by atoms with E-state index in [0.29, 0.717) is 17.2 Å². The van der Waals surface area contributed by atoms with Gasteiger partial charge in [-0.1, -0.05) is 17.7 Å². The molecule has 0 unspecified atom stereocenters. The van der Waals surface area contributed by atoms with E-state index in [-0.39, 0.29) is 11.3 Å². The zero-order valence-corrected chi connectivity index (χ0v) is 9.32. The highest BCUT2D eigenvalue weighted by molar-refractivity contribution is 6.29. The highest BCUT2D eigenvalue weighted by Crippen LogP contribution is 2.27. The minimum atomic E-state index is -0.607. The molecule has 3 nitrogen and oxygen atoms in total. The van der Waals surface area contributed by atoms with Gasteiger partial charge in [-0.25, -0.2) is 9.37 Å². The lowest BCUT2D eigenvalue weighted by atomic mass is 10.2. The van der Waals surface area contributed by atoms with Gasteiger partial charge in [0.1, 0.15) is 10.9 Å². The van der Waals surface area contributed by atoms with Crippen LogP contribution in [0.4, 0.5) is 4.39 Å². The van der Waals surface area contributed by atoms with Crippen molar-refractivity contribution in [3.8, 4) is 11.5 Å². The minimum absolute atomic E-state index is 0.119. The minimum Gasteiger partial charge on any atom is -0.452 e. The van der Waals surface area contributed by atoms with Crippen LogP contribution >= 0.6 is 11.6 Å². The largest absolute Gasteiger partial charge is 0.452 e. The van der Waals surface area contributed by atoms with Crippen LogP contribution in [0.3, 0.4) is 0 Å². The molecule has 0 fully saturated rings. The number of hydrogen-bond donors (Lipinski definition) is 0. The van der Waals surface area contributed by atoms with Gasteiger partial charge in [-0.3, -0.25) is 4.79 Å². The first kappa shape index (κ1) is 11.5. The number of halogens is 2. The summed E-state index contributed by atoms with van der Waals surface area (Å²) in [5.41, 5.74) is 0.139. The molecule has 2 rings (SSSR count). The normalized spacial score (nSPS) is 10.0. The van der Waals surface area contributed by atoms with E-state index in [1.165, 1.54) is 36.5 Å². The fraction of sp³-hybridized carbons (Fsp3) is 0. The summed E-state index contributed by atoms with van der Waals surface area (Å²) in [7, 11) is 0. The van der Waals surface area contributed by atoms with Crippen molar-refractivity contribution in [1.82, 2.24) is 4.98 Å². The standard InChI is InChI=1S/C12H7ClFNO2/c13-11-5-4-9(6-15-11)17-12-8(7-16)2-1-3-10(12)14/h1-7H. The summed E-state index contributed by atoms with van der Waals surface area (Å²) in [5.74, 6) is -0.418. The van der Waals surface area contributed by atoms with Crippen molar-refractivity contribution < 1.29 is 13.9 Å². The Morgan fingerprint density at radius 1 is 1.29 bits per heavy atom. The van der Waals surface area contributed by atoms with Crippen molar-refractivity contribution in [1.29, 1.82) is 0 Å². The molecule has 17 heavy (non-hydrogen) atoms. The van der Waals surface area contributed by atoms with Crippen molar-refractivity contribution in [3.63, 3.8) is 0 Å². The van der Waals surface area contributed by atoms with Gasteiger partial charge in [-0.05, 0) is 24.3 Å². The molecule has 0 radical (unpaired) electrons. The zero-order chi connectivity index (χ0) is 12.3. The van der Waals surface area contributed by atoms with Gasteiger partial charge in [0, 0.05) is 0 Å². The first-order valence-corrected chi connectivity index (χ1v) is 5.11. The number of carbonyl (C=O) groups is 1. The maximum atomic E-state index is 13.5. The van der Waals surface area contributed by atoms with E-state index in [1.807, 2.05) is 0 Å². The van der Waals surface area contributed by atoms with Crippen molar-refractivity contribution >= 4 is 17.9 Å². The van der Waals surface area contributed by atoms with Gasteiger partial charge in [0.25, 0.3) is 0 Å². The molecule has 86 valence electrons. The van der Waals surface area contributed by atoms with E-state index in [2.05, 4.69) is 4.98 Å². The third kappa shape index (κ3) is 2.60. The third-order valence-electron chi connectivity index (χ3n) is 2.04. The van der Waals surface area contributed by atoms with Crippen LogP contribution in [0.2, 0.25) is 5.15 Å². The summed E-state index contributed by atoms with van der Waals surface area (Å²) in [6.45, 7) is 0. The van der Waals surface area contributed by atoms with Gasteiger partial charge in [0.2, 0.25) is 0 Å². The van der Waals surface area contributed by atoms with Crippen LogP contribution in [0.5, 0.6) is 11.5 Å². The van der Waals surface area contributed by atoms with E-state index in [1.54, 1.807) is 0 Å². The van der Waals surface area contributed by atoms with Crippen molar-refractivity contribution in [3.05, 3.63) is 53.1 Å². The van der Waals surface area contributed by atoms with Crippen LogP contribution in [0.15, 0.2) is 36.5 Å². The van der Waals surface area contributed by atoms with Gasteiger partial charge in [0.15, 0.2) is 17.9 Å². The summed E-state index contributed by atoms with van der Waals surface area (Å²) >= 11 is 5.61. The number of benzene rings is 1. The van der Waals surface area contributed by atoms with E-state index >= 15 is 0 Å². The number of carbonyl (C=O) groups excluding carboxylic acids is 1. The molecule has 0 amide bonds. The Hall–Kier alpha value is -1.94. The van der Waals surface area contributed by atoms with Crippen molar-refractivity contribution in [2.24, 2.45) is 0 Å².